The molecule has 2 N–H and O–H groups in total. The lowest BCUT2D eigenvalue weighted by Crippen LogP contribution is -2.36. The molecule has 0 bridgehead atoms. The van der Waals surface area contributed by atoms with Gasteiger partial charge in [-0.05, 0) is 30.0 Å². The number of fused-ring (bicyclic) bond motifs is 1. The van der Waals surface area contributed by atoms with E-state index in [4.69, 9.17) is 0 Å². The molecule has 4 nitrogen and oxygen atoms in total. The summed E-state index contributed by atoms with van der Waals surface area (Å²) in [4.78, 5) is 21.0. The van der Waals surface area contributed by atoms with E-state index in [1.54, 1.807) is 0 Å². The molecule has 1 amide bonds. The van der Waals surface area contributed by atoms with Crippen LogP contribution in [0.1, 0.15) is 48.8 Å². The first-order chi connectivity index (χ1) is 12.6. The smallest absolute Gasteiger partial charge is 0.239 e. The lowest BCUT2D eigenvalue weighted by atomic mass is 9.72. The number of carbonyl (C=O) groups excluding carboxylic acids is 1. The van der Waals surface area contributed by atoms with Gasteiger partial charge >= 0.3 is 0 Å². The predicted molar refractivity (Wildman–Crippen MR) is 103 cm³/mol. The molecule has 3 aromatic rings. The molecule has 1 aliphatic rings. The van der Waals surface area contributed by atoms with Gasteiger partial charge in [-0.1, -0.05) is 62.4 Å². The second-order valence-corrected chi connectivity index (χ2v) is 7.22. The zero-order valence-electron chi connectivity index (χ0n) is 15.1. The number of nitrogens with one attached hydrogen (secondary N) is 2. The van der Waals surface area contributed by atoms with Gasteiger partial charge in [-0.2, -0.15) is 0 Å². The zero-order chi connectivity index (χ0) is 18.1. The molecule has 2 heterocycles. The van der Waals surface area contributed by atoms with E-state index in [0.29, 0.717) is 12.3 Å². The number of para-hydroxylation sites is 1. The summed E-state index contributed by atoms with van der Waals surface area (Å²) in [6.07, 6.45) is 3.35. The molecule has 4 rings (SSSR count). The number of nitrogens with zero attached hydrogens (tertiary/aromatic N) is 1. The van der Waals surface area contributed by atoms with Crippen LogP contribution in [0.4, 0.5) is 5.69 Å². The van der Waals surface area contributed by atoms with Crippen molar-refractivity contribution < 1.29 is 4.79 Å². The number of hydrogen-bond acceptors (Lipinski definition) is 2. The van der Waals surface area contributed by atoms with Gasteiger partial charge in [0.05, 0.1) is 0 Å². The number of aromatic nitrogens is 2. The third-order valence-corrected chi connectivity index (χ3v) is 5.25. The first-order valence-corrected chi connectivity index (χ1v) is 9.11. The van der Waals surface area contributed by atoms with Gasteiger partial charge in [-0.25, -0.2) is 4.98 Å². The number of H-pyrrole nitrogens is 1. The molecule has 1 atom stereocenters. The van der Waals surface area contributed by atoms with Crippen molar-refractivity contribution in [2.75, 3.05) is 5.32 Å². The number of amides is 1. The highest BCUT2D eigenvalue weighted by Crippen LogP contribution is 2.45. The Kier molecular flexibility index (Phi) is 4.11. The molecule has 0 spiro atoms. The van der Waals surface area contributed by atoms with E-state index in [1.165, 1.54) is 0 Å². The molecule has 0 saturated carbocycles. The van der Waals surface area contributed by atoms with Crippen molar-refractivity contribution in [2.24, 2.45) is 0 Å². The lowest BCUT2D eigenvalue weighted by Gasteiger charge is -2.28. The van der Waals surface area contributed by atoms with E-state index < -0.39 is 5.41 Å². The SMILES string of the molecule is CC(C)c1ncc(CCC2(c3ccccc3)C(=O)Nc3ccccc32)[nH]1. The summed E-state index contributed by atoms with van der Waals surface area (Å²) in [5, 5.41) is 3.08. The Labute approximate surface area is 153 Å². The van der Waals surface area contributed by atoms with Gasteiger partial charge in [0.15, 0.2) is 0 Å². The minimum atomic E-state index is -0.666. The third kappa shape index (κ3) is 2.62. The van der Waals surface area contributed by atoms with Crippen molar-refractivity contribution in [3.8, 4) is 0 Å². The van der Waals surface area contributed by atoms with E-state index in [2.05, 4.69) is 35.2 Å². The average molecular weight is 345 g/mol. The number of aryl methyl sites for hydroxylation is 1. The minimum Gasteiger partial charge on any atom is -0.346 e. The fourth-order valence-corrected chi connectivity index (χ4v) is 3.84. The first-order valence-electron chi connectivity index (χ1n) is 9.11. The average Bonchev–Trinajstić information content (AvgIpc) is 3.24. The highest BCUT2D eigenvalue weighted by molar-refractivity contribution is 6.08. The number of anilines is 1. The maximum atomic E-state index is 13.2. The van der Waals surface area contributed by atoms with Gasteiger partial charge < -0.3 is 10.3 Å². The highest BCUT2D eigenvalue weighted by Gasteiger charge is 2.47. The Balaban J connectivity index is 1.74. The maximum Gasteiger partial charge on any atom is 0.239 e. The summed E-state index contributed by atoms with van der Waals surface area (Å²) < 4.78 is 0. The van der Waals surface area contributed by atoms with Crippen LogP contribution in [0.15, 0.2) is 60.8 Å². The summed E-state index contributed by atoms with van der Waals surface area (Å²) in [5.41, 5.74) is 3.40. The van der Waals surface area contributed by atoms with E-state index in [1.807, 2.05) is 54.7 Å². The second-order valence-electron chi connectivity index (χ2n) is 7.22. The third-order valence-electron chi connectivity index (χ3n) is 5.25. The molecule has 0 saturated heterocycles. The van der Waals surface area contributed by atoms with Crippen LogP contribution in [0.3, 0.4) is 0 Å². The Morgan fingerprint density at radius 3 is 2.50 bits per heavy atom. The minimum absolute atomic E-state index is 0.0495. The van der Waals surface area contributed by atoms with E-state index in [0.717, 1.165) is 34.8 Å². The van der Waals surface area contributed by atoms with Crippen LogP contribution in [0, 0.1) is 0 Å². The Bertz CT molecular complexity index is 929. The number of benzene rings is 2. The lowest BCUT2D eigenvalue weighted by molar-refractivity contribution is -0.119. The van der Waals surface area contributed by atoms with Crippen molar-refractivity contribution in [3.05, 3.63) is 83.4 Å². The number of imidazole rings is 1. The summed E-state index contributed by atoms with van der Waals surface area (Å²) in [6, 6.07) is 18.1. The normalized spacial score (nSPS) is 18.8. The molecule has 0 aliphatic carbocycles. The largest absolute Gasteiger partial charge is 0.346 e. The molecule has 1 aromatic heterocycles. The van der Waals surface area contributed by atoms with Crippen LogP contribution < -0.4 is 5.32 Å². The summed E-state index contributed by atoms with van der Waals surface area (Å²) in [6.45, 7) is 4.24. The van der Waals surface area contributed by atoms with Gasteiger partial charge in [0.25, 0.3) is 0 Å². The van der Waals surface area contributed by atoms with Crippen LogP contribution in [0.5, 0.6) is 0 Å². The first kappa shape index (κ1) is 16.6. The standard InChI is InChI=1S/C22H23N3O/c1-15(2)20-23-14-17(24-20)12-13-22(16-8-4-3-5-9-16)18-10-6-7-11-19(18)25-21(22)26/h3-11,14-15H,12-13H2,1-2H3,(H,23,24)(H,25,26). The molecular weight excluding hydrogens is 322 g/mol. The molecular formula is C22H23N3O. The number of aromatic amines is 1. The quantitative estimate of drug-likeness (QED) is 0.720. The van der Waals surface area contributed by atoms with Crippen molar-refractivity contribution in [2.45, 2.75) is 38.0 Å². The molecule has 1 unspecified atom stereocenters. The van der Waals surface area contributed by atoms with E-state index >= 15 is 0 Å². The van der Waals surface area contributed by atoms with Gasteiger partial charge in [-0.15, -0.1) is 0 Å². The van der Waals surface area contributed by atoms with Crippen molar-refractivity contribution >= 4 is 11.6 Å². The molecule has 2 aromatic carbocycles. The van der Waals surface area contributed by atoms with Crippen LogP contribution in [0.25, 0.3) is 0 Å². The second kappa shape index (κ2) is 6.45. The van der Waals surface area contributed by atoms with Crippen LogP contribution in [-0.2, 0) is 16.6 Å². The number of hydrogen-bond donors (Lipinski definition) is 2. The fourth-order valence-electron chi connectivity index (χ4n) is 3.84. The Hall–Kier alpha value is -2.88. The maximum absolute atomic E-state index is 13.2. The van der Waals surface area contributed by atoms with Crippen LogP contribution in [-0.4, -0.2) is 15.9 Å². The van der Waals surface area contributed by atoms with Crippen LogP contribution >= 0.6 is 0 Å². The topological polar surface area (TPSA) is 57.8 Å². The molecule has 132 valence electrons. The number of carbonyl (C=O) groups is 1. The monoisotopic (exact) mass is 345 g/mol. The molecule has 26 heavy (non-hydrogen) atoms. The zero-order valence-corrected chi connectivity index (χ0v) is 15.1. The van der Waals surface area contributed by atoms with Gasteiger partial charge in [0.2, 0.25) is 5.91 Å². The molecule has 4 heteroatoms. The highest BCUT2D eigenvalue weighted by atomic mass is 16.2. The van der Waals surface area contributed by atoms with E-state index in [9.17, 15) is 4.79 Å². The fraction of sp³-hybridized carbons (Fsp3) is 0.273. The van der Waals surface area contributed by atoms with E-state index in [-0.39, 0.29) is 5.91 Å². The molecule has 1 aliphatic heterocycles. The van der Waals surface area contributed by atoms with Gasteiger partial charge in [0.1, 0.15) is 11.2 Å². The predicted octanol–water partition coefficient (Wildman–Crippen LogP) is 4.40. The van der Waals surface area contributed by atoms with Crippen molar-refractivity contribution in [1.82, 2.24) is 9.97 Å². The summed E-state index contributed by atoms with van der Waals surface area (Å²) in [7, 11) is 0. The van der Waals surface area contributed by atoms with Crippen molar-refractivity contribution in [3.63, 3.8) is 0 Å². The molecule has 0 fully saturated rings. The molecule has 0 radical (unpaired) electrons. The van der Waals surface area contributed by atoms with Gasteiger partial charge in [-0.3, -0.25) is 4.79 Å². The Morgan fingerprint density at radius 2 is 1.77 bits per heavy atom. The van der Waals surface area contributed by atoms with Gasteiger partial charge in [0, 0.05) is 23.5 Å². The summed E-state index contributed by atoms with van der Waals surface area (Å²) in [5.74, 6) is 1.40. The van der Waals surface area contributed by atoms with Crippen molar-refractivity contribution in [1.29, 1.82) is 0 Å². The summed E-state index contributed by atoms with van der Waals surface area (Å²) >= 11 is 0. The Morgan fingerprint density at radius 1 is 1.04 bits per heavy atom. The number of rotatable bonds is 5. The van der Waals surface area contributed by atoms with Crippen LogP contribution in [0.2, 0.25) is 0 Å².